The number of aromatic amines is 1. The van der Waals surface area contributed by atoms with Gasteiger partial charge in [0.1, 0.15) is 0 Å². The largest absolute Gasteiger partial charge is 0.490 e. The van der Waals surface area contributed by atoms with Crippen LogP contribution in [0.1, 0.15) is 42.2 Å². The molecule has 1 aromatic heterocycles. The fourth-order valence-corrected chi connectivity index (χ4v) is 4.35. The van der Waals surface area contributed by atoms with E-state index in [-0.39, 0.29) is 5.91 Å². The summed E-state index contributed by atoms with van der Waals surface area (Å²) in [4.78, 5) is 43.1. The molecular weight excluding hydrogens is 586 g/mol. The molecule has 2 aromatic carbocycles. The molecule has 3 aromatic rings. The van der Waals surface area contributed by atoms with Crippen LogP contribution in [0.25, 0.3) is 10.8 Å². The summed E-state index contributed by atoms with van der Waals surface area (Å²) in [5.41, 5.74) is 2.00. The number of halogens is 6. The molecule has 15 heteroatoms. The second-order valence-corrected chi connectivity index (χ2v) is 9.54. The molecule has 2 heterocycles. The highest BCUT2D eigenvalue weighted by Gasteiger charge is 2.39. The number of nitrogens with zero attached hydrogens (tertiary/aromatic N) is 3. The number of benzene rings is 2. The summed E-state index contributed by atoms with van der Waals surface area (Å²) in [6, 6.07) is 14.6. The lowest BCUT2D eigenvalue weighted by Gasteiger charge is -2.41. The lowest BCUT2D eigenvalue weighted by Crippen LogP contribution is -2.55. The average molecular weight is 619 g/mol. The van der Waals surface area contributed by atoms with Crippen molar-refractivity contribution in [3.8, 4) is 0 Å². The normalized spacial score (nSPS) is 15.6. The van der Waals surface area contributed by atoms with Gasteiger partial charge < -0.3 is 20.1 Å². The van der Waals surface area contributed by atoms with Crippen molar-refractivity contribution in [1.82, 2.24) is 19.8 Å². The van der Waals surface area contributed by atoms with Gasteiger partial charge in [-0.2, -0.15) is 26.3 Å². The minimum absolute atomic E-state index is 0.163. The molecule has 1 fully saturated rings. The highest BCUT2D eigenvalue weighted by atomic mass is 19.4. The number of piperazine rings is 1. The van der Waals surface area contributed by atoms with Gasteiger partial charge in [0.15, 0.2) is 0 Å². The molecule has 0 bridgehead atoms. The van der Waals surface area contributed by atoms with Crippen molar-refractivity contribution in [2.24, 2.45) is 0 Å². The van der Waals surface area contributed by atoms with E-state index in [9.17, 15) is 31.1 Å². The number of aromatic nitrogens is 2. The molecule has 0 unspecified atom stereocenters. The van der Waals surface area contributed by atoms with Crippen LogP contribution < -0.4 is 0 Å². The van der Waals surface area contributed by atoms with Crippen LogP contribution in [0.2, 0.25) is 0 Å². The van der Waals surface area contributed by atoms with Crippen LogP contribution in [0.3, 0.4) is 0 Å². The zero-order valence-electron chi connectivity index (χ0n) is 23.2. The number of rotatable bonds is 7. The summed E-state index contributed by atoms with van der Waals surface area (Å²) < 4.78 is 63.5. The summed E-state index contributed by atoms with van der Waals surface area (Å²) in [6.45, 7) is 5.77. The Morgan fingerprint density at radius 2 is 1.56 bits per heavy atom. The van der Waals surface area contributed by atoms with Crippen LogP contribution in [0.4, 0.5) is 26.3 Å². The molecule has 0 aliphatic carbocycles. The Labute approximate surface area is 243 Å². The SMILES string of the molecule is CCCC[C@H]1CN(C(=O)c2cccc3ccccc23)CCN1CCc1cnc[nH]1.O=C(O)C(F)(F)F.O=C(O)C(F)(F)F. The Morgan fingerprint density at radius 1 is 0.953 bits per heavy atom. The second-order valence-electron chi connectivity index (χ2n) is 9.54. The van der Waals surface area contributed by atoms with E-state index in [0.29, 0.717) is 6.04 Å². The maximum Gasteiger partial charge on any atom is 0.490 e. The molecule has 1 aliphatic rings. The smallest absolute Gasteiger partial charge is 0.475 e. The third-order valence-corrected chi connectivity index (χ3v) is 6.51. The van der Waals surface area contributed by atoms with Crippen molar-refractivity contribution in [2.45, 2.75) is 51.0 Å². The van der Waals surface area contributed by atoms with E-state index in [1.165, 1.54) is 18.5 Å². The van der Waals surface area contributed by atoms with Gasteiger partial charge in [0.05, 0.1) is 6.33 Å². The molecule has 1 aliphatic heterocycles. The van der Waals surface area contributed by atoms with Crippen LogP contribution in [0.15, 0.2) is 55.0 Å². The predicted octanol–water partition coefficient (Wildman–Crippen LogP) is 5.39. The quantitative estimate of drug-likeness (QED) is 0.303. The van der Waals surface area contributed by atoms with Crippen LogP contribution in [0.5, 0.6) is 0 Å². The van der Waals surface area contributed by atoms with Crippen LogP contribution in [-0.2, 0) is 16.0 Å². The Hall–Kier alpha value is -4.14. The van der Waals surface area contributed by atoms with E-state index in [1.54, 1.807) is 6.33 Å². The summed E-state index contributed by atoms with van der Waals surface area (Å²) in [5, 5.41) is 16.4. The van der Waals surface area contributed by atoms with E-state index in [1.807, 2.05) is 30.5 Å². The highest BCUT2D eigenvalue weighted by molar-refractivity contribution is 6.07. The molecule has 4 rings (SSSR count). The Morgan fingerprint density at radius 3 is 2.12 bits per heavy atom. The van der Waals surface area contributed by atoms with Crippen LogP contribution >= 0.6 is 0 Å². The Kier molecular flexibility index (Phi) is 13.0. The summed E-state index contributed by atoms with van der Waals surface area (Å²) in [7, 11) is 0. The van der Waals surface area contributed by atoms with Gasteiger partial charge in [0.2, 0.25) is 0 Å². The number of amides is 1. The number of hydrogen-bond donors (Lipinski definition) is 3. The highest BCUT2D eigenvalue weighted by Crippen LogP contribution is 2.23. The first-order valence-corrected chi connectivity index (χ1v) is 13.2. The first-order chi connectivity index (χ1) is 20.1. The van der Waals surface area contributed by atoms with E-state index in [2.05, 4.69) is 44.9 Å². The van der Waals surface area contributed by atoms with Gasteiger partial charge in [-0.05, 0) is 23.3 Å². The number of aliphatic carboxylic acids is 2. The number of alkyl halides is 6. The summed E-state index contributed by atoms with van der Waals surface area (Å²) in [5.74, 6) is -5.35. The van der Waals surface area contributed by atoms with Crippen molar-refractivity contribution in [2.75, 3.05) is 26.2 Å². The molecule has 1 atom stereocenters. The maximum atomic E-state index is 13.4. The fraction of sp³-hybridized carbons (Fsp3) is 0.429. The Bertz CT molecular complexity index is 1300. The monoisotopic (exact) mass is 618 g/mol. The van der Waals surface area contributed by atoms with E-state index in [0.717, 1.165) is 55.4 Å². The van der Waals surface area contributed by atoms with Gasteiger partial charge in [-0.1, -0.05) is 56.2 Å². The molecule has 236 valence electrons. The van der Waals surface area contributed by atoms with Crippen molar-refractivity contribution in [3.63, 3.8) is 0 Å². The van der Waals surface area contributed by atoms with E-state index in [4.69, 9.17) is 19.8 Å². The van der Waals surface area contributed by atoms with Gasteiger partial charge in [-0.15, -0.1) is 0 Å². The zero-order chi connectivity index (χ0) is 32.2. The number of imidazole rings is 1. The van der Waals surface area contributed by atoms with Gasteiger partial charge in [0.25, 0.3) is 5.91 Å². The number of carbonyl (C=O) groups is 3. The molecule has 0 radical (unpaired) electrons. The van der Waals surface area contributed by atoms with Gasteiger partial charge in [-0.3, -0.25) is 9.69 Å². The first-order valence-electron chi connectivity index (χ1n) is 13.2. The number of fused-ring (bicyclic) bond motifs is 1. The zero-order valence-corrected chi connectivity index (χ0v) is 23.2. The van der Waals surface area contributed by atoms with Crippen molar-refractivity contribution < 1.29 is 50.9 Å². The molecule has 0 spiro atoms. The third kappa shape index (κ3) is 11.2. The molecular formula is C28H32F6N4O5. The van der Waals surface area contributed by atoms with Gasteiger partial charge in [0, 0.05) is 56.1 Å². The molecule has 43 heavy (non-hydrogen) atoms. The minimum Gasteiger partial charge on any atom is -0.475 e. The molecule has 1 amide bonds. The lowest BCUT2D eigenvalue weighted by molar-refractivity contribution is -0.193. The first kappa shape index (κ1) is 35.1. The standard InChI is InChI=1S/C24H30N4O.2C2HF3O2/c1-2-3-9-21-17-28(15-14-27(21)13-12-20-16-25-18-26-20)24(29)23-11-6-8-19-7-4-5-10-22(19)23;2*3-2(4,5)1(6)7/h4-8,10-11,16,18,21H,2-3,9,12-15,17H2,1H3,(H,25,26);2*(H,6,7)/t21-;;/m0../s1. The number of H-pyrrole nitrogens is 1. The van der Waals surface area contributed by atoms with Crippen LogP contribution in [-0.4, -0.2) is 92.4 Å². The van der Waals surface area contributed by atoms with Crippen molar-refractivity contribution in [1.29, 1.82) is 0 Å². The van der Waals surface area contributed by atoms with Gasteiger partial charge in [-0.25, -0.2) is 14.6 Å². The average Bonchev–Trinajstić information content (AvgIpc) is 3.48. The number of unbranched alkanes of at least 4 members (excludes halogenated alkanes) is 1. The summed E-state index contributed by atoms with van der Waals surface area (Å²) >= 11 is 0. The number of carboxylic acids is 2. The van der Waals surface area contributed by atoms with E-state index >= 15 is 0 Å². The number of nitrogens with one attached hydrogen (secondary N) is 1. The van der Waals surface area contributed by atoms with Crippen molar-refractivity contribution in [3.05, 3.63) is 66.2 Å². The second kappa shape index (κ2) is 15.9. The van der Waals surface area contributed by atoms with E-state index < -0.39 is 24.3 Å². The molecule has 9 nitrogen and oxygen atoms in total. The number of hydrogen-bond acceptors (Lipinski definition) is 5. The molecule has 0 saturated carbocycles. The summed E-state index contributed by atoms with van der Waals surface area (Å²) in [6.07, 6.45) is -2.03. The molecule has 3 N–H and O–H groups in total. The van der Waals surface area contributed by atoms with Gasteiger partial charge >= 0.3 is 24.3 Å². The number of carboxylic acid groups (broad SMARTS) is 2. The maximum absolute atomic E-state index is 13.4. The Balaban J connectivity index is 0.000000384. The lowest BCUT2D eigenvalue weighted by atomic mass is 10.0. The van der Waals surface area contributed by atoms with Crippen molar-refractivity contribution >= 4 is 28.6 Å². The fourth-order valence-electron chi connectivity index (χ4n) is 4.35. The molecule has 1 saturated heterocycles. The van der Waals surface area contributed by atoms with Crippen LogP contribution in [0, 0.1) is 0 Å². The minimum atomic E-state index is -5.08. The third-order valence-electron chi connectivity index (χ3n) is 6.51. The predicted molar refractivity (Wildman–Crippen MR) is 144 cm³/mol. The number of carbonyl (C=O) groups excluding carboxylic acids is 1. The topological polar surface area (TPSA) is 127 Å².